The van der Waals surface area contributed by atoms with Crippen LogP contribution in [-0.4, -0.2) is 33.8 Å². The van der Waals surface area contributed by atoms with Gasteiger partial charge in [0, 0.05) is 11.8 Å². The van der Waals surface area contributed by atoms with Gasteiger partial charge in [-0.25, -0.2) is 0 Å². The molecule has 0 fully saturated rings. The molecule has 44 heavy (non-hydrogen) atoms. The second-order valence-corrected chi connectivity index (χ2v) is 11.3. The molecule has 0 aliphatic rings. The van der Waals surface area contributed by atoms with Gasteiger partial charge in [0.2, 0.25) is 11.8 Å². The number of carbonyl (C=O) groups excluding carboxylic acids is 4. The summed E-state index contributed by atoms with van der Waals surface area (Å²) < 4.78 is 0. The van der Waals surface area contributed by atoms with Crippen LogP contribution in [-0.2, 0) is 22.4 Å². The summed E-state index contributed by atoms with van der Waals surface area (Å²) >= 11 is 0. The molecule has 0 aromatic heterocycles. The van der Waals surface area contributed by atoms with E-state index in [-0.39, 0.29) is 29.0 Å². The van der Waals surface area contributed by atoms with Gasteiger partial charge >= 0.3 is 0 Å². The fourth-order valence-electron chi connectivity index (χ4n) is 5.27. The Morgan fingerprint density at radius 3 is 1.43 bits per heavy atom. The highest BCUT2D eigenvalue weighted by molar-refractivity contribution is 6.00. The fraction of sp³-hybridized carbons (Fsp3) is 0.529. The number of hydrogen-bond acceptors (Lipinski definition) is 6. The van der Waals surface area contributed by atoms with E-state index >= 15 is 0 Å². The molecule has 0 aliphatic carbocycles. The molecule has 242 valence electrons. The molecule has 0 aliphatic heterocycles. The number of phenols is 2. The fourth-order valence-corrected chi connectivity index (χ4v) is 5.27. The maximum Gasteiger partial charge on any atom is 0.273 e. The van der Waals surface area contributed by atoms with Crippen molar-refractivity contribution in [1.82, 2.24) is 21.7 Å². The monoisotopic (exact) mass is 610 g/mol. The summed E-state index contributed by atoms with van der Waals surface area (Å²) in [5, 5.41) is 20.7. The molecule has 10 heteroatoms. The summed E-state index contributed by atoms with van der Waals surface area (Å²) in [6, 6.07) is 9.82. The van der Waals surface area contributed by atoms with Crippen molar-refractivity contribution >= 4 is 23.6 Å². The minimum atomic E-state index is -0.608. The number of nitrogens with one attached hydrogen (secondary N) is 4. The summed E-state index contributed by atoms with van der Waals surface area (Å²) in [5.41, 5.74) is 11.6. The predicted molar refractivity (Wildman–Crippen MR) is 171 cm³/mol. The molecular formula is C34H50N4O6. The van der Waals surface area contributed by atoms with Crippen LogP contribution in [0.1, 0.15) is 124 Å². The number of phenolic OH excluding ortho intramolecular Hbond substituents is 2. The summed E-state index contributed by atoms with van der Waals surface area (Å²) in [6.07, 6.45) is 8.28. The number of rotatable bonds is 17. The van der Waals surface area contributed by atoms with E-state index in [0.717, 1.165) is 38.5 Å². The molecule has 2 aromatic carbocycles. The zero-order chi connectivity index (χ0) is 32.5. The Bertz CT molecular complexity index is 1250. The van der Waals surface area contributed by atoms with Crippen molar-refractivity contribution in [2.75, 3.05) is 0 Å². The van der Waals surface area contributed by atoms with Gasteiger partial charge < -0.3 is 10.2 Å². The second-order valence-electron chi connectivity index (χ2n) is 11.3. The number of hydrazine groups is 2. The molecule has 0 saturated carbocycles. The van der Waals surface area contributed by atoms with Crippen LogP contribution in [0.25, 0.3) is 0 Å². The van der Waals surface area contributed by atoms with Crippen molar-refractivity contribution in [3.63, 3.8) is 0 Å². The van der Waals surface area contributed by atoms with Gasteiger partial charge in [-0.15, -0.1) is 0 Å². The highest BCUT2D eigenvalue weighted by atomic mass is 16.3. The minimum absolute atomic E-state index is 0.131. The first-order chi connectivity index (χ1) is 21.2. The van der Waals surface area contributed by atoms with Gasteiger partial charge in [-0.2, -0.15) is 0 Å². The van der Waals surface area contributed by atoms with Crippen LogP contribution in [0.5, 0.6) is 11.5 Å². The lowest BCUT2D eigenvalue weighted by Gasteiger charge is -2.23. The molecule has 10 nitrogen and oxygen atoms in total. The van der Waals surface area contributed by atoms with Crippen molar-refractivity contribution < 1.29 is 29.4 Å². The molecule has 2 rings (SSSR count). The van der Waals surface area contributed by atoms with Crippen molar-refractivity contribution in [1.29, 1.82) is 0 Å². The van der Waals surface area contributed by atoms with Gasteiger partial charge in [0.1, 0.15) is 11.5 Å². The Balaban J connectivity index is 2.10. The summed E-state index contributed by atoms with van der Waals surface area (Å²) in [5.74, 6) is -3.54. The Kier molecular flexibility index (Phi) is 15.8. The Morgan fingerprint density at radius 2 is 1.02 bits per heavy atom. The smallest absolute Gasteiger partial charge is 0.273 e. The lowest BCUT2D eigenvalue weighted by atomic mass is 9.87. The van der Waals surface area contributed by atoms with Crippen LogP contribution in [0.3, 0.4) is 0 Å². The first kappa shape index (κ1) is 36.1. The van der Waals surface area contributed by atoms with E-state index in [0.29, 0.717) is 43.2 Å². The van der Waals surface area contributed by atoms with Gasteiger partial charge in [-0.05, 0) is 68.2 Å². The molecule has 2 unspecified atom stereocenters. The van der Waals surface area contributed by atoms with Crippen molar-refractivity contribution in [3.05, 3.63) is 58.7 Å². The van der Waals surface area contributed by atoms with Crippen LogP contribution in [0.2, 0.25) is 0 Å². The Morgan fingerprint density at radius 1 is 0.591 bits per heavy atom. The highest BCUT2D eigenvalue weighted by Gasteiger charge is 2.28. The van der Waals surface area contributed by atoms with E-state index < -0.39 is 35.5 Å². The third kappa shape index (κ3) is 10.9. The largest absolute Gasteiger partial charge is 0.507 e. The van der Waals surface area contributed by atoms with Gasteiger partial charge in [0.25, 0.3) is 11.8 Å². The van der Waals surface area contributed by atoms with E-state index in [1.165, 1.54) is 12.1 Å². The number of unbranched alkanes of at least 4 members (excludes halogenated alkanes) is 3. The Hall–Kier alpha value is -4.08. The molecule has 0 radical (unpaired) electrons. The summed E-state index contributed by atoms with van der Waals surface area (Å²) in [4.78, 5) is 52.5. The Labute approximate surface area is 261 Å². The maximum atomic E-state index is 13.3. The molecule has 0 heterocycles. The van der Waals surface area contributed by atoms with Gasteiger partial charge in [-0.3, -0.25) is 40.9 Å². The average molecular weight is 611 g/mol. The first-order valence-corrected chi connectivity index (χ1v) is 16.0. The first-order valence-electron chi connectivity index (χ1n) is 16.0. The van der Waals surface area contributed by atoms with Gasteiger partial charge in [0.15, 0.2) is 0 Å². The summed E-state index contributed by atoms with van der Waals surface area (Å²) in [6.45, 7) is 8.02. The van der Waals surface area contributed by atoms with E-state index in [1.807, 2.05) is 27.7 Å². The van der Waals surface area contributed by atoms with E-state index in [2.05, 4.69) is 21.7 Å². The normalized spacial score (nSPS) is 12.2. The number of aryl methyl sites for hydroxylation is 2. The summed E-state index contributed by atoms with van der Waals surface area (Å²) in [7, 11) is 0. The molecule has 2 aromatic rings. The third-order valence-corrected chi connectivity index (χ3v) is 7.76. The average Bonchev–Trinajstić information content (AvgIpc) is 3.01. The zero-order valence-electron chi connectivity index (χ0n) is 26.6. The van der Waals surface area contributed by atoms with Crippen molar-refractivity contribution in [2.24, 2.45) is 11.8 Å². The number of amides is 4. The lowest BCUT2D eigenvalue weighted by molar-refractivity contribution is -0.129. The molecule has 2 atom stereocenters. The molecule has 0 saturated heterocycles. The standard InChI is InChI=1S/C34H50N4O6/c1-5-9-15-23-18-12-20-27(39)29(23)33(43)37-35-31(41)25(14-8-4)22-26(17-11-7-3)32(42)36-38-34(44)30-24(16-10-6-2)19-13-21-28(30)40/h12-13,18-21,25-26,39-40H,5-11,14-17,22H2,1-4H3,(H,35,41)(H,36,42)(H,37,43)(H,38,44). The number of aromatic hydroxyl groups is 2. The number of carbonyl (C=O) groups is 4. The topological polar surface area (TPSA) is 157 Å². The van der Waals surface area contributed by atoms with E-state index in [1.54, 1.807) is 24.3 Å². The van der Waals surface area contributed by atoms with Gasteiger partial charge in [0.05, 0.1) is 11.1 Å². The number of hydrogen-bond donors (Lipinski definition) is 6. The molecule has 0 bridgehead atoms. The predicted octanol–water partition coefficient (Wildman–Crippen LogP) is 5.62. The maximum absolute atomic E-state index is 13.3. The molecule has 6 N–H and O–H groups in total. The lowest BCUT2D eigenvalue weighted by Crippen LogP contribution is -2.47. The molecular weight excluding hydrogens is 560 g/mol. The highest BCUT2D eigenvalue weighted by Crippen LogP contribution is 2.25. The third-order valence-electron chi connectivity index (χ3n) is 7.76. The zero-order valence-corrected chi connectivity index (χ0v) is 26.6. The van der Waals surface area contributed by atoms with E-state index in [4.69, 9.17) is 0 Å². The number of benzene rings is 2. The minimum Gasteiger partial charge on any atom is -0.507 e. The second kappa shape index (κ2) is 19.2. The van der Waals surface area contributed by atoms with Crippen molar-refractivity contribution in [3.8, 4) is 11.5 Å². The van der Waals surface area contributed by atoms with Gasteiger partial charge in [-0.1, -0.05) is 84.1 Å². The quantitative estimate of drug-likeness (QED) is 0.128. The van der Waals surface area contributed by atoms with Crippen LogP contribution in [0.15, 0.2) is 36.4 Å². The van der Waals surface area contributed by atoms with Crippen LogP contribution in [0, 0.1) is 11.8 Å². The van der Waals surface area contributed by atoms with Crippen LogP contribution in [0.4, 0.5) is 0 Å². The SMILES string of the molecule is CCCCc1cccc(O)c1C(=O)NNC(=O)C(CCC)CC(CCCC)C(=O)NNC(=O)c1c(O)cccc1CCCC. The van der Waals surface area contributed by atoms with Crippen LogP contribution >= 0.6 is 0 Å². The molecule has 4 amide bonds. The van der Waals surface area contributed by atoms with Crippen molar-refractivity contribution in [2.45, 2.75) is 105 Å². The van der Waals surface area contributed by atoms with Crippen LogP contribution < -0.4 is 21.7 Å². The van der Waals surface area contributed by atoms with E-state index in [9.17, 15) is 29.4 Å². The molecule has 0 spiro atoms.